The molecule has 1 aliphatic rings. The van der Waals surface area contributed by atoms with Crippen molar-refractivity contribution in [2.75, 3.05) is 43.4 Å². The zero-order chi connectivity index (χ0) is 23.8. The summed E-state index contributed by atoms with van der Waals surface area (Å²) in [6.07, 6.45) is -3.43. The minimum Gasteiger partial charge on any atom is -0.353 e. The molecule has 1 fully saturated rings. The van der Waals surface area contributed by atoms with Crippen LogP contribution in [0.15, 0.2) is 35.8 Å². The number of likely N-dealkylation sites (N-methyl/N-ethyl adjacent to an activating group) is 1. The summed E-state index contributed by atoms with van der Waals surface area (Å²) in [5.41, 5.74) is -1.50. The lowest BCUT2D eigenvalue weighted by atomic mass is 10.1. The number of piperazine rings is 1. The van der Waals surface area contributed by atoms with Crippen LogP contribution in [0.4, 0.5) is 28.5 Å². The molecule has 174 valence electrons. The molecule has 0 atom stereocenters. The molecule has 1 aromatic carbocycles. The first-order valence-electron chi connectivity index (χ1n) is 9.85. The highest BCUT2D eigenvalue weighted by molar-refractivity contribution is 7.14. The second kappa shape index (κ2) is 9.24. The Balaban J connectivity index is 1.49. The number of rotatable bonds is 4. The van der Waals surface area contributed by atoms with Crippen LogP contribution in [-0.2, 0) is 6.18 Å². The van der Waals surface area contributed by atoms with E-state index in [9.17, 15) is 22.4 Å². The topological polar surface area (TPSA) is 61.4 Å². The molecule has 0 radical (unpaired) electrons. The first kappa shape index (κ1) is 23.4. The van der Waals surface area contributed by atoms with E-state index < -0.39 is 23.5 Å². The lowest BCUT2D eigenvalue weighted by Gasteiger charge is -2.33. The van der Waals surface area contributed by atoms with Gasteiger partial charge in [-0.05, 0) is 25.2 Å². The highest BCUT2D eigenvalue weighted by atomic mass is 35.5. The Kier molecular flexibility index (Phi) is 6.55. The predicted octanol–water partition coefficient (Wildman–Crippen LogP) is 5.02. The Bertz CT molecular complexity index is 1180. The molecule has 0 unspecified atom stereocenters. The molecule has 3 heterocycles. The van der Waals surface area contributed by atoms with Gasteiger partial charge in [-0.3, -0.25) is 10.1 Å². The molecule has 1 N–H and O–H groups in total. The van der Waals surface area contributed by atoms with Gasteiger partial charge in [0, 0.05) is 43.3 Å². The van der Waals surface area contributed by atoms with E-state index in [1.807, 2.05) is 11.9 Å². The number of thiazole rings is 1. The van der Waals surface area contributed by atoms with Crippen LogP contribution in [0.2, 0.25) is 5.02 Å². The van der Waals surface area contributed by atoms with Crippen molar-refractivity contribution in [3.8, 4) is 11.3 Å². The van der Waals surface area contributed by atoms with Crippen LogP contribution in [0.25, 0.3) is 11.3 Å². The fraction of sp³-hybridized carbons (Fsp3) is 0.286. The summed E-state index contributed by atoms with van der Waals surface area (Å²) >= 11 is 7.32. The third-order valence-electron chi connectivity index (χ3n) is 5.19. The van der Waals surface area contributed by atoms with E-state index in [2.05, 4.69) is 20.2 Å². The van der Waals surface area contributed by atoms with Gasteiger partial charge in [-0.2, -0.15) is 13.2 Å². The van der Waals surface area contributed by atoms with Gasteiger partial charge in [-0.25, -0.2) is 14.4 Å². The molecule has 1 amide bonds. The van der Waals surface area contributed by atoms with Crippen molar-refractivity contribution in [2.45, 2.75) is 6.18 Å². The number of hydrogen-bond acceptors (Lipinski definition) is 6. The number of aromatic nitrogens is 2. The maximum Gasteiger partial charge on any atom is 0.419 e. The smallest absolute Gasteiger partial charge is 0.353 e. The average Bonchev–Trinajstić information content (AvgIpc) is 3.22. The van der Waals surface area contributed by atoms with Crippen LogP contribution in [0.3, 0.4) is 0 Å². The number of nitrogens with one attached hydrogen (secondary N) is 1. The number of alkyl halides is 3. The van der Waals surface area contributed by atoms with E-state index in [4.69, 9.17) is 11.6 Å². The third-order valence-corrected chi connectivity index (χ3v) is 6.23. The van der Waals surface area contributed by atoms with Crippen molar-refractivity contribution in [3.05, 3.63) is 57.8 Å². The first-order valence-corrected chi connectivity index (χ1v) is 11.1. The second-order valence-corrected chi connectivity index (χ2v) is 8.74. The number of amides is 1. The Labute approximate surface area is 195 Å². The highest BCUT2D eigenvalue weighted by Gasteiger charge is 2.35. The maximum atomic E-state index is 14.4. The molecule has 4 rings (SSSR count). The van der Waals surface area contributed by atoms with Crippen molar-refractivity contribution in [2.24, 2.45) is 0 Å². The number of halogens is 5. The summed E-state index contributed by atoms with van der Waals surface area (Å²) in [5, 5.41) is 4.35. The Morgan fingerprint density at radius 3 is 2.61 bits per heavy atom. The van der Waals surface area contributed by atoms with Gasteiger partial charge >= 0.3 is 6.18 Å². The molecule has 2 aromatic heterocycles. The van der Waals surface area contributed by atoms with E-state index in [1.54, 1.807) is 0 Å². The summed E-state index contributed by atoms with van der Waals surface area (Å²) in [6, 6.07) is 4.47. The van der Waals surface area contributed by atoms with E-state index in [0.717, 1.165) is 43.6 Å². The molecule has 0 bridgehead atoms. The molecule has 6 nitrogen and oxygen atoms in total. The molecule has 0 aliphatic carbocycles. The van der Waals surface area contributed by atoms with E-state index in [-0.39, 0.29) is 22.0 Å². The van der Waals surface area contributed by atoms with Crippen LogP contribution in [0, 0.1) is 5.82 Å². The fourth-order valence-electron chi connectivity index (χ4n) is 3.38. The van der Waals surface area contributed by atoms with Crippen molar-refractivity contribution in [1.29, 1.82) is 0 Å². The Hall–Kier alpha value is -2.76. The lowest BCUT2D eigenvalue weighted by Crippen LogP contribution is -2.45. The van der Waals surface area contributed by atoms with Gasteiger partial charge in [-0.15, -0.1) is 11.3 Å². The lowest BCUT2D eigenvalue weighted by molar-refractivity contribution is -0.139. The number of pyridine rings is 1. The van der Waals surface area contributed by atoms with Gasteiger partial charge in [0.05, 0.1) is 21.8 Å². The fourth-order valence-corrected chi connectivity index (χ4v) is 4.37. The van der Waals surface area contributed by atoms with Gasteiger partial charge in [0.15, 0.2) is 5.13 Å². The van der Waals surface area contributed by atoms with Gasteiger partial charge in [0.2, 0.25) is 0 Å². The van der Waals surface area contributed by atoms with Crippen LogP contribution < -0.4 is 10.2 Å². The standard InChI is InChI=1S/C21H18ClF4N5OS/c1-30-5-7-31(8-6-30)18-15(22)9-12(10-27-18)19(32)29-20-28-16(11-33-20)13-3-2-4-14(17(13)23)21(24,25)26/h2-4,9-11H,5-8H2,1H3,(H,28,29,32). The average molecular weight is 500 g/mol. The van der Waals surface area contributed by atoms with E-state index in [1.165, 1.54) is 23.7 Å². The predicted molar refractivity (Wildman–Crippen MR) is 119 cm³/mol. The summed E-state index contributed by atoms with van der Waals surface area (Å²) in [4.78, 5) is 25.2. The zero-order valence-corrected chi connectivity index (χ0v) is 18.9. The SMILES string of the molecule is CN1CCN(c2ncc(C(=O)Nc3nc(-c4cccc(C(F)(F)F)c4F)cs3)cc2Cl)CC1. The minimum absolute atomic E-state index is 0.0135. The first-order chi connectivity index (χ1) is 15.6. The molecule has 33 heavy (non-hydrogen) atoms. The molecule has 12 heteroatoms. The molecule has 3 aromatic rings. The van der Waals surface area contributed by atoms with Crippen molar-refractivity contribution >= 4 is 39.8 Å². The van der Waals surface area contributed by atoms with Gasteiger partial charge < -0.3 is 9.80 Å². The number of carbonyl (C=O) groups excluding carboxylic acids is 1. The van der Waals surface area contributed by atoms with Crippen LogP contribution in [-0.4, -0.2) is 54.0 Å². The van der Waals surface area contributed by atoms with Crippen LogP contribution in [0.5, 0.6) is 0 Å². The van der Waals surface area contributed by atoms with Gasteiger partial charge in [0.1, 0.15) is 11.6 Å². The number of carbonyl (C=O) groups is 1. The van der Waals surface area contributed by atoms with Crippen molar-refractivity contribution < 1.29 is 22.4 Å². The second-order valence-electron chi connectivity index (χ2n) is 7.48. The number of hydrogen-bond donors (Lipinski definition) is 1. The summed E-state index contributed by atoms with van der Waals surface area (Å²) in [5.74, 6) is -1.36. The number of nitrogens with zero attached hydrogens (tertiary/aromatic N) is 4. The molecule has 0 spiro atoms. The molecule has 1 saturated heterocycles. The zero-order valence-electron chi connectivity index (χ0n) is 17.3. The number of benzene rings is 1. The summed E-state index contributed by atoms with van der Waals surface area (Å²) < 4.78 is 53.3. The van der Waals surface area contributed by atoms with Crippen LogP contribution in [0.1, 0.15) is 15.9 Å². The Morgan fingerprint density at radius 1 is 1.21 bits per heavy atom. The summed E-state index contributed by atoms with van der Waals surface area (Å²) in [7, 11) is 2.03. The van der Waals surface area contributed by atoms with Crippen molar-refractivity contribution in [1.82, 2.24) is 14.9 Å². The van der Waals surface area contributed by atoms with Gasteiger partial charge in [-0.1, -0.05) is 17.7 Å². The quantitative estimate of drug-likeness (QED) is 0.511. The molecular weight excluding hydrogens is 482 g/mol. The van der Waals surface area contributed by atoms with E-state index >= 15 is 0 Å². The largest absolute Gasteiger partial charge is 0.419 e. The Morgan fingerprint density at radius 2 is 1.94 bits per heavy atom. The summed E-state index contributed by atoms with van der Waals surface area (Å²) in [6.45, 7) is 3.28. The molecule has 0 saturated carbocycles. The maximum absolute atomic E-state index is 14.4. The molecular formula is C21H18ClF4N5OS. The van der Waals surface area contributed by atoms with Crippen LogP contribution >= 0.6 is 22.9 Å². The highest BCUT2D eigenvalue weighted by Crippen LogP contribution is 2.36. The monoisotopic (exact) mass is 499 g/mol. The molecule has 1 aliphatic heterocycles. The van der Waals surface area contributed by atoms with E-state index in [0.29, 0.717) is 16.9 Å². The van der Waals surface area contributed by atoms with Crippen molar-refractivity contribution in [3.63, 3.8) is 0 Å². The third kappa shape index (κ3) is 5.10. The van der Waals surface area contributed by atoms with Gasteiger partial charge in [0.25, 0.3) is 5.91 Å². The minimum atomic E-state index is -4.82. The normalized spacial score (nSPS) is 15.0. The number of anilines is 2.